The second-order valence-corrected chi connectivity index (χ2v) is 10.3. The molecule has 2 aromatic carbocycles. The Morgan fingerprint density at radius 3 is 2.51 bits per heavy atom. The second kappa shape index (κ2) is 11.4. The normalized spacial score (nSPS) is 14.6. The summed E-state index contributed by atoms with van der Waals surface area (Å²) in [5.74, 6) is -1.20. The first-order chi connectivity index (χ1) is 16.9. The lowest BCUT2D eigenvalue weighted by Crippen LogP contribution is -2.40. The van der Waals surface area contributed by atoms with Crippen LogP contribution in [0.25, 0.3) is 17.3 Å². The number of anilines is 1. The van der Waals surface area contributed by atoms with Gasteiger partial charge in [0.2, 0.25) is 10.0 Å². The Morgan fingerprint density at radius 2 is 1.80 bits per heavy atom. The number of rotatable bonds is 8. The van der Waals surface area contributed by atoms with Gasteiger partial charge in [-0.25, -0.2) is 18.2 Å². The Labute approximate surface area is 207 Å². The van der Waals surface area contributed by atoms with Gasteiger partial charge in [-0.2, -0.15) is 4.31 Å². The maximum Gasteiger partial charge on any atom is 0.331 e. The highest BCUT2D eigenvalue weighted by molar-refractivity contribution is 7.89. The van der Waals surface area contributed by atoms with Crippen LogP contribution >= 0.6 is 11.3 Å². The van der Waals surface area contributed by atoms with E-state index in [9.17, 15) is 18.0 Å². The molecule has 0 aliphatic carbocycles. The molecule has 1 amide bonds. The number of carbonyl (C=O) groups is 2. The van der Waals surface area contributed by atoms with Gasteiger partial charge in [-0.05, 0) is 23.8 Å². The van der Waals surface area contributed by atoms with E-state index in [1.54, 1.807) is 12.1 Å². The first kappa shape index (κ1) is 24.7. The topological polar surface area (TPSA) is 115 Å². The first-order valence-corrected chi connectivity index (χ1v) is 13.1. The van der Waals surface area contributed by atoms with E-state index >= 15 is 0 Å². The summed E-state index contributed by atoms with van der Waals surface area (Å²) in [6, 6.07) is 15.7. The molecular weight excluding hydrogens is 490 g/mol. The van der Waals surface area contributed by atoms with Gasteiger partial charge in [-0.3, -0.25) is 10.1 Å². The monoisotopic (exact) mass is 513 g/mol. The molecule has 182 valence electrons. The zero-order chi connectivity index (χ0) is 24.7. The summed E-state index contributed by atoms with van der Waals surface area (Å²) in [4.78, 5) is 28.6. The molecule has 0 radical (unpaired) electrons. The van der Waals surface area contributed by atoms with Gasteiger partial charge in [0.05, 0.1) is 23.8 Å². The lowest BCUT2D eigenvalue weighted by atomic mass is 10.2. The van der Waals surface area contributed by atoms with E-state index in [0.29, 0.717) is 37.0 Å². The van der Waals surface area contributed by atoms with Gasteiger partial charge >= 0.3 is 5.97 Å². The minimum Gasteiger partial charge on any atom is -0.452 e. The molecule has 4 rings (SSSR count). The molecule has 0 unspecified atom stereocenters. The van der Waals surface area contributed by atoms with Crippen LogP contribution in [0.1, 0.15) is 5.56 Å². The summed E-state index contributed by atoms with van der Waals surface area (Å²) in [6.07, 6.45) is 2.66. The number of benzene rings is 2. The minimum absolute atomic E-state index is 0.174. The molecule has 11 heteroatoms. The summed E-state index contributed by atoms with van der Waals surface area (Å²) in [7, 11) is -3.58. The molecule has 1 N–H and O–H groups in total. The van der Waals surface area contributed by atoms with Gasteiger partial charge in [0, 0.05) is 30.1 Å². The average Bonchev–Trinajstić information content (AvgIpc) is 3.36. The Kier molecular flexibility index (Phi) is 8.03. The number of nitrogens with zero attached hydrogens (tertiary/aromatic N) is 2. The van der Waals surface area contributed by atoms with E-state index in [1.165, 1.54) is 39.9 Å². The number of ether oxygens (including phenoxy) is 2. The Morgan fingerprint density at radius 1 is 1.09 bits per heavy atom. The second-order valence-electron chi connectivity index (χ2n) is 7.48. The van der Waals surface area contributed by atoms with E-state index in [1.807, 2.05) is 35.7 Å². The van der Waals surface area contributed by atoms with Crippen molar-refractivity contribution in [3.63, 3.8) is 0 Å². The number of hydrogen-bond acceptors (Lipinski definition) is 8. The van der Waals surface area contributed by atoms with E-state index in [-0.39, 0.29) is 4.90 Å². The SMILES string of the molecule is O=C(COC(=O)C=Cc1ccc(S(=O)(=O)N2CCOCC2)cc1)Nc1nc(-c2ccccc2)cs1. The highest BCUT2D eigenvalue weighted by Crippen LogP contribution is 2.24. The summed E-state index contributed by atoms with van der Waals surface area (Å²) in [6.45, 7) is 0.929. The predicted octanol–water partition coefficient (Wildman–Crippen LogP) is 3.03. The summed E-state index contributed by atoms with van der Waals surface area (Å²) in [5, 5.41) is 4.85. The number of carbonyl (C=O) groups excluding carboxylic acids is 2. The summed E-state index contributed by atoms with van der Waals surface area (Å²) >= 11 is 1.28. The van der Waals surface area contributed by atoms with Crippen LogP contribution < -0.4 is 5.32 Å². The third-order valence-corrected chi connectivity index (χ3v) is 7.74. The highest BCUT2D eigenvalue weighted by Gasteiger charge is 2.25. The number of esters is 1. The maximum absolute atomic E-state index is 12.7. The van der Waals surface area contributed by atoms with Crippen LogP contribution in [0, 0.1) is 0 Å². The van der Waals surface area contributed by atoms with Gasteiger partial charge < -0.3 is 9.47 Å². The summed E-state index contributed by atoms with van der Waals surface area (Å²) < 4.78 is 36.9. The molecule has 3 aromatic rings. The van der Waals surface area contributed by atoms with E-state index in [2.05, 4.69) is 10.3 Å². The van der Waals surface area contributed by atoms with Crippen molar-refractivity contribution in [3.05, 3.63) is 71.6 Å². The lowest BCUT2D eigenvalue weighted by molar-refractivity contribution is -0.142. The third kappa shape index (κ3) is 6.61. The van der Waals surface area contributed by atoms with Crippen LogP contribution in [-0.4, -0.2) is 62.5 Å². The van der Waals surface area contributed by atoms with Crippen LogP contribution in [0.15, 0.2) is 70.9 Å². The lowest BCUT2D eigenvalue weighted by Gasteiger charge is -2.26. The van der Waals surface area contributed by atoms with Gasteiger partial charge in [0.25, 0.3) is 5.91 Å². The van der Waals surface area contributed by atoms with Crippen LogP contribution in [-0.2, 0) is 29.1 Å². The van der Waals surface area contributed by atoms with Crippen LogP contribution in [0.2, 0.25) is 0 Å². The van der Waals surface area contributed by atoms with E-state index < -0.39 is 28.5 Å². The molecule has 1 aliphatic heterocycles. The molecule has 0 spiro atoms. The molecule has 0 atom stereocenters. The molecule has 1 fully saturated rings. The Balaban J connectivity index is 1.25. The van der Waals surface area contributed by atoms with Crippen molar-refractivity contribution in [2.45, 2.75) is 4.90 Å². The van der Waals surface area contributed by atoms with Crippen LogP contribution in [0.5, 0.6) is 0 Å². The Hall–Kier alpha value is -3.38. The maximum atomic E-state index is 12.7. The molecular formula is C24H23N3O6S2. The van der Waals surface area contributed by atoms with Crippen molar-refractivity contribution < 1.29 is 27.5 Å². The molecule has 1 saturated heterocycles. The highest BCUT2D eigenvalue weighted by atomic mass is 32.2. The number of amides is 1. The number of thiazole rings is 1. The quantitative estimate of drug-likeness (QED) is 0.364. The molecule has 9 nitrogen and oxygen atoms in total. The Bertz CT molecular complexity index is 1300. The van der Waals surface area contributed by atoms with Crippen molar-refractivity contribution in [1.29, 1.82) is 0 Å². The van der Waals surface area contributed by atoms with Gasteiger partial charge in [0.1, 0.15) is 0 Å². The van der Waals surface area contributed by atoms with Crippen LogP contribution in [0.3, 0.4) is 0 Å². The fourth-order valence-corrected chi connectivity index (χ4v) is 5.41. The van der Waals surface area contributed by atoms with Crippen molar-refractivity contribution in [3.8, 4) is 11.3 Å². The molecule has 1 aliphatic rings. The van der Waals surface area contributed by atoms with Gasteiger partial charge in [-0.15, -0.1) is 11.3 Å². The molecule has 0 saturated carbocycles. The zero-order valence-corrected chi connectivity index (χ0v) is 20.3. The average molecular weight is 514 g/mol. The van der Waals surface area contributed by atoms with Gasteiger partial charge in [0.15, 0.2) is 11.7 Å². The number of sulfonamides is 1. The number of nitrogens with one attached hydrogen (secondary N) is 1. The smallest absolute Gasteiger partial charge is 0.331 e. The van der Waals surface area contributed by atoms with Crippen LogP contribution in [0.4, 0.5) is 5.13 Å². The standard InChI is InChI=1S/C24H23N3O6S2/c28-22(26-24-25-21(17-34-24)19-4-2-1-3-5-19)16-33-23(29)11-8-18-6-9-20(10-7-18)35(30,31)27-12-14-32-15-13-27/h1-11,17H,12-16H2,(H,25,26,28). The molecule has 1 aromatic heterocycles. The molecule has 2 heterocycles. The van der Waals surface area contributed by atoms with Crippen molar-refractivity contribution in [1.82, 2.24) is 9.29 Å². The van der Waals surface area contributed by atoms with E-state index in [0.717, 1.165) is 11.3 Å². The summed E-state index contributed by atoms with van der Waals surface area (Å²) in [5.41, 5.74) is 2.30. The zero-order valence-electron chi connectivity index (χ0n) is 18.6. The van der Waals surface area contributed by atoms with Crippen molar-refractivity contribution in [2.75, 3.05) is 38.2 Å². The van der Waals surface area contributed by atoms with Crippen molar-refractivity contribution >= 4 is 44.4 Å². The largest absolute Gasteiger partial charge is 0.452 e. The fraction of sp³-hybridized carbons (Fsp3) is 0.208. The van der Waals surface area contributed by atoms with E-state index in [4.69, 9.17) is 9.47 Å². The minimum atomic E-state index is -3.58. The third-order valence-electron chi connectivity index (χ3n) is 5.07. The number of aromatic nitrogens is 1. The van der Waals surface area contributed by atoms with Crippen molar-refractivity contribution in [2.24, 2.45) is 0 Å². The molecule has 0 bridgehead atoms. The predicted molar refractivity (Wildman–Crippen MR) is 132 cm³/mol. The first-order valence-electron chi connectivity index (χ1n) is 10.8. The molecule has 35 heavy (non-hydrogen) atoms. The fourth-order valence-electron chi connectivity index (χ4n) is 3.26. The number of hydrogen-bond donors (Lipinski definition) is 1. The van der Waals surface area contributed by atoms with Gasteiger partial charge in [-0.1, -0.05) is 42.5 Å². The number of morpholine rings is 1.